The summed E-state index contributed by atoms with van der Waals surface area (Å²) in [7, 11) is 0. The number of anilines is 1. The van der Waals surface area contributed by atoms with E-state index in [-0.39, 0.29) is 18.2 Å². The summed E-state index contributed by atoms with van der Waals surface area (Å²) in [5.41, 5.74) is 2.48. The highest BCUT2D eigenvalue weighted by Gasteiger charge is 2.24. The number of carbonyl (C=O) groups excluding carboxylic acids is 1. The summed E-state index contributed by atoms with van der Waals surface area (Å²) in [4.78, 5) is 30.2. The Hall–Kier alpha value is -3.85. The topological polar surface area (TPSA) is 92.7 Å². The van der Waals surface area contributed by atoms with E-state index in [0.717, 1.165) is 17.5 Å². The van der Waals surface area contributed by atoms with Crippen LogP contribution in [0.5, 0.6) is 0 Å². The van der Waals surface area contributed by atoms with Gasteiger partial charge in [-0.1, -0.05) is 12.1 Å². The van der Waals surface area contributed by atoms with Crippen molar-refractivity contribution in [2.24, 2.45) is 0 Å². The van der Waals surface area contributed by atoms with E-state index < -0.39 is 12.0 Å². The van der Waals surface area contributed by atoms with Crippen molar-refractivity contribution in [2.45, 2.75) is 25.1 Å². The number of nitrogens with zero attached hydrogens (tertiary/aromatic N) is 4. The molecule has 1 aliphatic rings. The number of rotatable bonds is 6. The summed E-state index contributed by atoms with van der Waals surface area (Å²) in [6.45, 7) is 1.07. The van der Waals surface area contributed by atoms with Crippen LogP contribution in [0.25, 0.3) is 22.2 Å². The number of hydrogen-bond donors (Lipinski definition) is 2. The van der Waals surface area contributed by atoms with Crippen LogP contribution in [0, 0.1) is 5.82 Å². The van der Waals surface area contributed by atoms with Gasteiger partial charge in [0.25, 0.3) is 0 Å². The van der Waals surface area contributed by atoms with Gasteiger partial charge in [-0.05, 0) is 43.3 Å². The SMILES string of the molecule is O=C(Cc1ncc2ccc(-c3cncc(N[C@H]4CCNC[C@@H]4F)n3)cc2n1)c1ccc(F)cc1. The number of hydrogen-bond acceptors (Lipinski definition) is 7. The molecule has 4 aromatic rings. The van der Waals surface area contributed by atoms with Crippen molar-refractivity contribution in [2.75, 3.05) is 18.4 Å². The van der Waals surface area contributed by atoms with Gasteiger partial charge in [0.15, 0.2) is 5.78 Å². The molecule has 2 atom stereocenters. The molecule has 0 radical (unpaired) electrons. The smallest absolute Gasteiger partial charge is 0.170 e. The average molecular weight is 460 g/mol. The fourth-order valence-electron chi connectivity index (χ4n) is 3.94. The Kier molecular flexibility index (Phi) is 6.18. The molecule has 1 aliphatic heterocycles. The maximum absolute atomic E-state index is 14.2. The summed E-state index contributed by atoms with van der Waals surface area (Å²) in [6, 6.07) is 10.7. The van der Waals surface area contributed by atoms with Crippen molar-refractivity contribution in [3.05, 3.63) is 78.3 Å². The number of aromatic nitrogens is 4. The summed E-state index contributed by atoms with van der Waals surface area (Å²) >= 11 is 0. The molecule has 0 saturated carbocycles. The summed E-state index contributed by atoms with van der Waals surface area (Å²) in [5.74, 6) is 0.304. The van der Waals surface area contributed by atoms with Crippen LogP contribution in [0.1, 0.15) is 22.6 Å². The maximum atomic E-state index is 14.2. The highest BCUT2D eigenvalue weighted by Crippen LogP contribution is 2.23. The average Bonchev–Trinajstić information content (AvgIpc) is 2.85. The van der Waals surface area contributed by atoms with Crippen molar-refractivity contribution in [3.63, 3.8) is 0 Å². The molecule has 1 fully saturated rings. The van der Waals surface area contributed by atoms with Crippen LogP contribution in [0.15, 0.2) is 61.1 Å². The zero-order valence-corrected chi connectivity index (χ0v) is 18.2. The molecule has 2 aromatic heterocycles. The number of halogens is 2. The molecule has 5 rings (SSSR count). The van der Waals surface area contributed by atoms with Crippen LogP contribution >= 0.6 is 0 Å². The number of alkyl halides is 1. The third kappa shape index (κ3) is 4.89. The third-order valence-corrected chi connectivity index (χ3v) is 5.79. The molecular weight excluding hydrogens is 438 g/mol. The first kappa shape index (κ1) is 22.0. The lowest BCUT2D eigenvalue weighted by atomic mass is 10.1. The van der Waals surface area contributed by atoms with Gasteiger partial charge in [-0.3, -0.25) is 9.78 Å². The zero-order valence-electron chi connectivity index (χ0n) is 18.2. The maximum Gasteiger partial charge on any atom is 0.170 e. The molecule has 0 spiro atoms. The second kappa shape index (κ2) is 9.56. The lowest BCUT2D eigenvalue weighted by Gasteiger charge is -2.27. The Morgan fingerprint density at radius 2 is 1.94 bits per heavy atom. The van der Waals surface area contributed by atoms with E-state index in [2.05, 4.69) is 30.6 Å². The van der Waals surface area contributed by atoms with E-state index in [1.807, 2.05) is 18.2 Å². The first-order chi connectivity index (χ1) is 16.5. The molecular formula is C25H22F2N6O. The second-order valence-electron chi connectivity index (χ2n) is 8.22. The predicted octanol–water partition coefficient (Wildman–Crippen LogP) is 3.76. The largest absolute Gasteiger partial charge is 0.363 e. The molecule has 2 aromatic carbocycles. The minimum Gasteiger partial charge on any atom is -0.363 e. The van der Waals surface area contributed by atoms with Crippen molar-refractivity contribution < 1.29 is 13.6 Å². The minimum absolute atomic E-state index is 0.00561. The number of ketones is 1. The van der Waals surface area contributed by atoms with E-state index in [9.17, 15) is 13.6 Å². The number of carbonyl (C=O) groups is 1. The molecule has 0 amide bonds. The van der Waals surface area contributed by atoms with Crippen LogP contribution in [-0.4, -0.2) is 51.0 Å². The molecule has 0 aliphatic carbocycles. The third-order valence-electron chi connectivity index (χ3n) is 5.79. The molecule has 34 heavy (non-hydrogen) atoms. The highest BCUT2D eigenvalue weighted by molar-refractivity contribution is 5.97. The normalized spacial score (nSPS) is 18.1. The van der Waals surface area contributed by atoms with Gasteiger partial charge in [0.1, 0.15) is 23.6 Å². The van der Waals surface area contributed by atoms with Gasteiger partial charge < -0.3 is 10.6 Å². The van der Waals surface area contributed by atoms with E-state index in [1.54, 1.807) is 18.6 Å². The van der Waals surface area contributed by atoms with Crippen LogP contribution in [0.3, 0.4) is 0 Å². The molecule has 172 valence electrons. The standard InChI is InChI=1S/C25H22F2N6O/c26-18-5-3-15(4-6-18)23(34)10-24-30-11-17-2-1-16(9-21(17)32-24)22-13-29-14-25(33-22)31-20-7-8-28-12-19(20)27/h1-6,9,11,13-14,19-20,28H,7-8,10,12H2,(H,31,33)/t19-,20-/m0/s1. The quantitative estimate of drug-likeness (QED) is 0.423. The number of piperidine rings is 1. The monoisotopic (exact) mass is 460 g/mol. The van der Waals surface area contributed by atoms with Crippen molar-refractivity contribution >= 4 is 22.5 Å². The Bertz CT molecular complexity index is 1330. The number of benzene rings is 2. The molecule has 3 heterocycles. The summed E-state index contributed by atoms with van der Waals surface area (Å²) < 4.78 is 27.3. The highest BCUT2D eigenvalue weighted by atomic mass is 19.1. The van der Waals surface area contributed by atoms with Gasteiger partial charge in [0.05, 0.1) is 36.1 Å². The van der Waals surface area contributed by atoms with Crippen LogP contribution < -0.4 is 10.6 Å². The molecule has 2 N–H and O–H groups in total. The molecule has 0 bridgehead atoms. The first-order valence-electron chi connectivity index (χ1n) is 11.0. The molecule has 7 nitrogen and oxygen atoms in total. The van der Waals surface area contributed by atoms with Crippen LogP contribution in [-0.2, 0) is 6.42 Å². The fourth-order valence-corrected chi connectivity index (χ4v) is 3.94. The Labute approximate surface area is 194 Å². The minimum atomic E-state index is -0.993. The molecule has 0 unspecified atom stereocenters. The van der Waals surface area contributed by atoms with Gasteiger partial charge in [0, 0.05) is 29.3 Å². The summed E-state index contributed by atoms with van der Waals surface area (Å²) in [5, 5.41) is 7.00. The van der Waals surface area contributed by atoms with E-state index >= 15 is 0 Å². The Balaban J connectivity index is 1.37. The van der Waals surface area contributed by atoms with Gasteiger partial charge in [-0.25, -0.2) is 23.7 Å². The van der Waals surface area contributed by atoms with E-state index in [4.69, 9.17) is 0 Å². The van der Waals surface area contributed by atoms with Gasteiger partial charge >= 0.3 is 0 Å². The van der Waals surface area contributed by atoms with E-state index in [0.29, 0.717) is 41.4 Å². The summed E-state index contributed by atoms with van der Waals surface area (Å²) in [6.07, 6.45) is 4.57. The van der Waals surface area contributed by atoms with Crippen molar-refractivity contribution in [1.82, 2.24) is 25.3 Å². The first-order valence-corrected chi connectivity index (χ1v) is 11.0. The van der Waals surface area contributed by atoms with Crippen LogP contribution in [0.4, 0.5) is 14.6 Å². The lowest BCUT2D eigenvalue weighted by Crippen LogP contribution is -2.45. The predicted molar refractivity (Wildman–Crippen MR) is 125 cm³/mol. The van der Waals surface area contributed by atoms with Gasteiger partial charge in [-0.15, -0.1) is 0 Å². The van der Waals surface area contributed by atoms with Crippen LogP contribution in [0.2, 0.25) is 0 Å². The Morgan fingerprint density at radius 1 is 1.09 bits per heavy atom. The number of nitrogens with one attached hydrogen (secondary N) is 2. The fraction of sp³-hybridized carbons (Fsp3) is 0.240. The number of fused-ring (bicyclic) bond motifs is 1. The van der Waals surface area contributed by atoms with Gasteiger partial charge in [-0.2, -0.15) is 0 Å². The van der Waals surface area contributed by atoms with Crippen molar-refractivity contribution in [1.29, 1.82) is 0 Å². The zero-order chi connectivity index (χ0) is 23.5. The van der Waals surface area contributed by atoms with Gasteiger partial charge in [0.2, 0.25) is 0 Å². The second-order valence-corrected chi connectivity index (χ2v) is 8.22. The lowest BCUT2D eigenvalue weighted by molar-refractivity contribution is 0.0991. The van der Waals surface area contributed by atoms with Crippen molar-refractivity contribution in [3.8, 4) is 11.3 Å². The molecule has 1 saturated heterocycles. The molecule has 9 heteroatoms. The number of Topliss-reactive ketones (excluding diaryl/α,β-unsaturated/α-hetero) is 1. The Morgan fingerprint density at radius 3 is 2.76 bits per heavy atom. The van der Waals surface area contributed by atoms with E-state index in [1.165, 1.54) is 24.3 Å².